The largest absolute Gasteiger partial charge is 0.493 e. The minimum Gasteiger partial charge on any atom is -0.493 e. The topological polar surface area (TPSA) is 61.8 Å². The van der Waals surface area contributed by atoms with E-state index in [2.05, 4.69) is 5.32 Å². The molecule has 1 aliphatic heterocycles. The number of nitrogens with one attached hydrogen (secondary N) is 1. The molecule has 1 aromatic rings. The maximum atomic E-state index is 12.9. The first-order chi connectivity index (χ1) is 9.54. The molecule has 0 radical (unpaired) electrons. The van der Waals surface area contributed by atoms with Crippen LogP contribution in [-0.2, 0) is 0 Å². The Hall–Kier alpha value is -1.89. The van der Waals surface area contributed by atoms with E-state index in [4.69, 9.17) is 9.84 Å². The highest BCUT2D eigenvalue weighted by atomic mass is 19.1. The van der Waals surface area contributed by atoms with Crippen LogP contribution in [0.15, 0.2) is 18.2 Å². The highest BCUT2D eigenvalue weighted by molar-refractivity contribution is 5.65. The van der Waals surface area contributed by atoms with Crippen molar-refractivity contribution >= 4 is 6.09 Å². The number of carboxylic acid groups (broad SMARTS) is 1. The van der Waals surface area contributed by atoms with Crippen LogP contribution in [0.25, 0.3) is 0 Å². The third kappa shape index (κ3) is 4.06. The molecular formula is C13H16F2N2O3. The van der Waals surface area contributed by atoms with Gasteiger partial charge in [0.05, 0.1) is 6.61 Å². The first-order valence-corrected chi connectivity index (χ1v) is 6.35. The number of hydrogen-bond donors (Lipinski definition) is 2. The lowest BCUT2D eigenvalue weighted by Gasteiger charge is -2.31. The van der Waals surface area contributed by atoms with E-state index in [9.17, 15) is 13.6 Å². The minimum atomic E-state index is -0.940. The summed E-state index contributed by atoms with van der Waals surface area (Å²) in [4.78, 5) is 12.2. The van der Waals surface area contributed by atoms with E-state index in [0.29, 0.717) is 26.1 Å². The lowest BCUT2D eigenvalue weighted by molar-refractivity contribution is 0.124. The molecule has 0 unspecified atom stereocenters. The monoisotopic (exact) mass is 286 g/mol. The van der Waals surface area contributed by atoms with Crippen LogP contribution in [0.1, 0.15) is 6.42 Å². The van der Waals surface area contributed by atoms with Crippen molar-refractivity contribution in [2.24, 2.45) is 0 Å². The molecule has 1 heterocycles. The van der Waals surface area contributed by atoms with Crippen molar-refractivity contribution in [2.45, 2.75) is 12.5 Å². The Labute approximate surface area is 115 Å². The molecule has 1 fully saturated rings. The molecule has 0 aromatic heterocycles. The van der Waals surface area contributed by atoms with Gasteiger partial charge in [-0.3, -0.25) is 0 Å². The molecular weight excluding hydrogens is 270 g/mol. The smallest absolute Gasteiger partial charge is 0.407 e. The summed E-state index contributed by atoms with van der Waals surface area (Å²) >= 11 is 0. The summed E-state index contributed by atoms with van der Waals surface area (Å²) < 4.78 is 31.2. The van der Waals surface area contributed by atoms with Crippen molar-refractivity contribution in [3.8, 4) is 5.75 Å². The van der Waals surface area contributed by atoms with E-state index in [1.165, 1.54) is 4.90 Å². The van der Waals surface area contributed by atoms with Crippen molar-refractivity contribution in [2.75, 3.05) is 26.2 Å². The highest BCUT2D eigenvalue weighted by Gasteiger charge is 2.22. The molecule has 0 bridgehead atoms. The molecule has 1 amide bonds. The van der Waals surface area contributed by atoms with Crippen LogP contribution in [-0.4, -0.2) is 48.4 Å². The quantitative estimate of drug-likeness (QED) is 0.884. The van der Waals surface area contributed by atoms with Crippen LogP contribution in [0, 0.1) is 11.6 Å². The molecule has 1 aliphatic rings. The van der Waals surface area contributed by atoms with Gasteiger partial charge in [-0.15, -0.1) is 0 Å². The molecule has 0 spiro atoms. The second kappa shape index (κ2) is 6.51. The molecule has 0 saturated carbocycles. The Bertz CT molecular complexity index is 464. The van der Waals surface area contributed by atoms with Crippen LogP contribution < -0.4 is 10.1 Å². The minimum absolute atomic E-state index is 0.0155. The summed E-state index contributed by atoms with van der Waals surface area (Å²) in [6.07, 6.45) is -0.383. The SMILES string of the molecule is O=C(O)N1CCN[C@H](CCOc2cc(F)cc(F)c2)C1. The van der Waals surface area contributed by atoms with Crippen molar-refractivity contribution in [1.29, 1.82) is 0 Å². The zero-order valence-electron chi connectivity index (χ0n) is 10.8. The molecule has 7 heteroatoms. The van der Waals surface area contributed by atoms with Gasteiger partial charge in [-0.05, 0) is 6.42 Å². The Morgan fingerprint density at radius 3 is 2.75 bits per heavy atom. The van der Waals surface area contributed by atoms with Crippen molar-refractivity contribution in [3.63, 3.8) is 0 Å². The first kappa shape index (κ1) is 14.5. The average molecular weight is 286 g/mol. The summed E-state index contributed by atoms with van der Waals surface area (Å²) in [5.41, 5.74) is 0. The zero-order valence-corrected chi connectivity index (χ0v) is 10.8. The third-order valence-corrected chi connectivity index (χ3v) is 3.10. The molecule has 20 heavy (non-hydrogen) atoms. The van der Waals surface area contributed by atoms with Gasteiger partial charge in [0.25, 0.3) is 0 Å². The predicted octanol–water partition coefficient (Wildman–Crippen LogP) is 1.69. The number of ether oxygens (including phenoxy) is 1. The number of benzene rings is 1. The van der Waals surface area contributed by atoms with E-state index < -0.39 is 17.7 Å². The van der Waals surface area contributed by atoms with Gasteiger partial charge >= 0.3 is 6.09 Å². The Morgan fingerprint density at radius 2 is 2.10 bits per heavy atom. The van der Waals surface area contributed by atoms with Crippen LogP contribution in [0.2, 0.25) is 0 Å². The van der Waals surface area contributed by atoms with Crippen LogP contribution in [0.5, 0.6) is 5.75 Å². The van der Waals surface area contributed by atoms with Gasteiger partial charge in [-0.1, -0.05) is 0 Å². The lowest BCUT2D eigenvalue weighted by atomic mass is 10.1. The Morgan fingerprint density at radius 1 is 1.40 bits per heavy atom. The summed E-state index contributed by atoms with van der Waals surface area (Å²) in [5, 5.41) is 12.1. The normalized spacial score (nSPS) is 18.9. The summed E-state index contributed by atoms with van der Waals surface area (Å²) in [6.45, 7) is 1.69. The molecule has 1 atom stereocenters. The number of piperazine rings is 1. The van der Waals surface area contributed by atoms with E-state index in [1.54, 1.807) is 0 Å². The van der Waals surface area contributed by atoms with E-state index >= 15 is 0 Å². The van der Waals surface area contributed by atoms with Crippen molar-refractivity contribution in [3.05, 3.63) is 29.8 Å². The zero-order chi connectivity index (χ0) is 14.5. The van der Waals surface area contributed by atoms with Crippen LogP contribution in [0.4, 0.5) is 13.6 Å². The fourth-order valence-electron chi connectivity index (χ4n) is 2.12. The lowest BCUT2D eigenvalue weighted by Crippen LogP contribution is -2.52. The van der Waals surface area contributed by atoms with Gasteiger partial charge in [0, 0.05) is 43.9 Å². The van der Waals surface area contributed by atoms with Crippen LogP contribution >= 0.6 is 0 Å². The van der Waals surface area contributed by atoms with Gasteiger partial charge in [0.2, 0.25) is 0 Å². The fraction of sp³-hybridized carbons (Fsp3) is 0.462. The summed E-state index contributed by atoms with van der Waals surface area (Å²) in [5.74, 6) is -1.24. The van der Waals surface area contributed by atoms with E-state index in [1.807, 2.05) is 0 Å². The highest BCUT2D eigenvalue weighted by Crippen LogP contribution is 2.16. The first-order valence-electron chi connectivity index (χ1n) is 6.35. The second-order valence-corrected chi connectivity index (χ2v) is 4.62. The summed E-state index contributed by atoms with van der Waals surface area (Å²) in [7, 11) is 0. The maximum absolute atomic E-state index is 12.9. The van der Waals surface area contributed by atoms with Gasteiger partial charge in [-0.2, -0.15) is 0 Å². The standard InChI is InChI=1S/C13H16F2N2O3/c14-9-5-10(15)7-12(6-9)20-4-1-11-8-17(13(18)19)3-2-16-11/h5-7,11,16H,1-4,8H2,(H,18,19)/t11-/m1/s1. The molecule has 2 rings (SSSR count). The maximum Gasteiger partial charge on any atom is 0.407 e. The Balaban J connectivity index is 1.79. The van der Waals surface area contributed by atoms with Crippen molar-refractivity contribution < 1.29 is 23.4 Å². The number of halogens is 2. The third-order valence-electron chi connectivity index (χ3n) is 3.10. The molecule has 2 N–H and O–H groups in total. The molecule has 1 saturated heterocycles. The average Bonchev–Trinajstić information content (AvgIpc) is 2.38. The number of carbonyl (C=O) groups is 1. The molecule has 0 aliphatic carbocycles. The molecule has 1 aromatic carbocycles. The molecule has 5 nitrogen and oxygen atoms in total. The summed E-state index contributed by atoms with van der Waals surface area (Å²) in [6, 6.07) is 2.99. The van der Waals surface area contributed by atoms with Gasteiger partial charge < -0.3 is 20.1 Å². The van der Waals surface area contributed by atoms with E-state index in [-0.39, 0.29) is 18.4 Å². The van der Waals surface area contributed by atoms with Gasteiger partial charge in [-0.25, -0.2) is 13.6 Å². The van der Waals surface area contributed by atoms with Crippen molar-refractivity contribution in [1.82, 2.24) is 10.2 Å². The number of amides is 1. The fourth-order valence-corrected chi connectivity index (χ4v) is 2.12. The second-order valence-electron chi connectivity index (χ2n) is 4.62. The Kier molecular flexibility index (Phi) is 4.73. The van der Waals surface area contributed by atoms with Gasteiger partial charge in [0.1, 0.15) is 17.4 Å². The predicted molar refractivity (Wildman–Crippen MR) is 67.9 cm³/mol. The molecule has 110 valence electrons. The van der Waals surface area contributed by atoms with Gasteiger partial charge in [0.15, 0.2) is 0 Å². The number of rotatable bonds is 4. The van der Waals surface area contributed by atoms with Crippen LogP contribution in [0.3, 0.4) is 0 Å². The number of nitrogens with zero attached hydrogens (tertiary/aromatic N) is 1. The van der Waals surface area contributed by atoms with E-state index in [0.717, 1.165) is 18.2 Å². The number of hydrogen-bond acceptors (Lipinski definition) is 3.